The first-order chi connectivity index (χ1) is 22.7. The summed E-state index contributed by atoms with van der Waals surface area (Å²) >= 11 is 0. The van der Waals surface area contributed by atoms with Crippen molar-refractivity contribution in [2.45, 2.75) is 31.8 Å². The molecule has 2 aromatic carbocycles. The van der Waals surface area contributed by atoms with Crippen LogP contribution < -0.4 is 34.6 Å². The van der Waals surface area contributed by atoms with Crippen molar-refractivity contribution in [3.05, 3.63) is 35.9 Å². The van der Waals surface area contributed by atoms with Crippen molar-refractivity contribution >= 4 is 34.4 Å². The van der Waals surface area contributed by atoms with Crippen molar-refractivity contribution in [1.82, 2.24) is 25.1 Å². The predicted molar refractivity (Wildman–Crippen MR) is 186 cm³/mol. The summed E-state index contributed by atoms with van der Waals surface area (Å²) in [6.07, 6.45) is 1.83. The number of likely N-dealkylation sites (tertiary alicyclic amines) is 1. The number of hydrogen-bond donors (Lipinski definition) is 3. The van der Waals surface area contributed by atoms with Gasteiger partial charge in [-0.1, -0.05) is 6.07 Å². The lowest BCUT2D eigenvalue weighted by Gasteiger charge is -2.37. The summed E-state index contributed by atoms with van der Waals surface area (Å²) < 4.78 is 17.8. The van der Waals surface area contributed by atoms with E-state index in [0.717, 1.165) is 72.6 Å². The number of likely N-dealkylation sites (N-methyl/N-ethyl adjacent to an activating group) is 1. The number of anilines is 3. The number of carboxylic acid groups (broad SMARTS) is 1. The summed E-state index contributed by atoms with van der Waals surface area (Å²) in [5, 5.41) is 17.3. The van der Waals surface area contributed by atoms with Gasteiger partial charge in [0.1, 0.15) is 18.2 Å². The van der Waals surface area contributed by atoms with Gasteiger partial charge in [-0.15, -0.1) is 0 Å². The van der Waals surface area contributed by atoms with Crippen LogP contribution in [0.1, 0.15) is 24.8 Å². The second kappa shape index (κ2) is 15.6. The Balaban J connectivity index is 1.60. The minimum absolute atomic E-state index is 0.175. The third-order valence-electron chi connectivity index (χ3n) is 9.02. The van der Waals surface area contributed by atoms with Crippen molar-refractivity contribution in [3.8, 4) is 17.2 Å². The Labute approximate surface area is 277 Å². The first-order valence-corrected chi connectivity index (χ1v) is 16.4. The second-order valence-corrected chi connectivity index (χ2v) is 12.8. The zero-order chi connectivity index (χ0) is 33.5. The van der Waals surface area contributed by atoms with Crippen LogP contribution >= 0.6 is 0 Å². The normalized spacial score (nSPS) is 16.8. The number of ether oxygens (including phenoxy) is 3. The Morgan fingerprint density at radius 2 is 1.79 bits per heavy atom. The Kier molecular flexibility index (Phi) is 11.3. The average molecular weight is 651 g/mol. The number of piperidine rings is 1. The van der Waals surface area contributed by atoms with E-state index in [1.165, 1.54) is 4.90 Å². The lowest BCUT2D eigenvalue weighted by molar-refractivity contribution is 0.154. The molecule has 3 N–H and O–H groups in total. The van der Waals surface area contributed by atoms with Gasteiger partial charge < -0.3 is 49.6 Å². The van der Waals surface area contributed by atoms with Gasteiger partial charge in [-0.2, -0.15) is 4.98 Å². The SMILES string of the molecule is COc1cc2nc(NCC3CCN(C(=O)O)C3)nc(N(Cc3c(OCCN(C)C)cccc3N(C)C)C3CCNCC3)c2cc1OC. The fourth-order valence-electron chi connectivity index (χ4n) is 6.42. The number of fused-ring (bicyclic) bond motifs is 1. The van der Waals surface area contributed by atoms with Crippen molar-refractivity contribution < 1.29 is 24.1 Å². The molecular weight excluding hydrogens is 600 g/mol. The fourth-order valence-corrected chi connectivity index (χ4v) is 6.42. The van der Waals surface area contributed by atoms with Crippen LogP contribution in [0, 0.1) is 5.92 Å². The minimum atomic E-state index is -0.876. The van der Waals surface area contributed by atoms with Gasteiger partial charge in [-0.25, -0.2) is 9.78 Å². The van der Waals surface area contributed by atoms with Crippen LogP contribution in [0.4, 0.5) is 22.2 Å². The number of benzene rings is 2. The summed E-state index contributed by atoms with van der Waals surface area (Å²) in [5.41, 5.74) is 2.92. The number of rotatable bonds is 14. The van der Waals surface area contributed by atoms with Gasteiger partial charge in [0.2, 0.25) is 5.95 Å². The molecule has 2 aliphatic rings. The Hall–Kier alpha value is -4.23. The Bertz CT molecular complexity index is 1510. The van der Waals surface area contributed by atoms with E-state index in [1.54, 1.807) is 14.2 Å². The number of amides is 1. The molecule has 2 aliphatic heterocycles. The van der Waals surface area contributed by atoms with E-state index in [0.29, 0.717) is 50.2 Å². The first-order valence-electron chi connectivity index (χ1n) is 16.4. The predicted octanol–water partition coefficient (Wildman–Crippen LogP) is 3.82. The number of nitrogens with one attached hydrogen (secondary N) is 2. The van der Waals surface area contributed by atoms with Gasteiger partial charge in [0.05, 0.1) is 26.3 Å². The van der Waals surface area contributed by atoms with Gasteiger partial charge in [0.25, 0.3) is 0 Å². The molecular formula is C34H50N8O5. The van der Waals surface area contributed by atoms with Gasteiger partial charge in [0.15, 0.2) is 11.5 Å². The molecule has 0 bridgehead atoms. The largest absolute Gasteiger partial charge is 0.493 e. The smallest absolute Gasteiger partial charge is 0.407 e. The van der Waals surface area contributed by atoms with E-state index in [9.17, 15) is 9.90 Å². The van der Waals surface area contributed by atoms with Crippen LogP contribution in [0.25, 0.3) is 10.9 Å². The van der Waals surface area contributed by atoms with E-state index in [-0.39, 0.29) is 12.0 Å². The molecule has 1 atom stereocenters. The molecule has 1 unspecified atom stereocenters. The standard InChI is InChI=1S/C34H50N8O5/c1-39(2)16-17-47-29-9-7-8-28(40(3)4)26(29)22-42(24-10-13-35-14-11-24)32-25-18-30(45-5)31(46-6)19-27(25)37-33(38-32)36-20-23-12-15-41(21-23)34(43)44/h7-9,18-19,23-24,35H,10-17,20-22H2,1-6H3,(H,43,44)(H,36,37,38). The summed E-state index contributed by atoms with van der Waals surface area (Å²) in [6, 6.07) is 10.3. The quantitative estimate of drug-likeness (QED) is 0.235. The zero-order valence-corrected chi connectivity index (χ0v) is 28.6. The molecule has 2 fully saturated rings. The van der Waals surface area contributed by atoms with Crippen LogP contribution in [0.3, 0.4) is 0 Å². The molecule has 3 aromatic rings. The monoisotopic (exact) mass is 650 g/mol. The van der Waals surface area contributed by atoms with E-state index < -0.39 is 6.09 Å². The highest BCUT2D eigenvalue weighted by atomic mass is 16.5. The molecule has 13 heteroatoms. The summed E-state index contributed by atoms with van der Waals surface area (Å²) in [6.45, 7) is 5.39. The molecule has 5 rings (SSSR count). The lowest BCUT2D eigenvalue weighted by Crippen LogP contribution is -2.43. The average Bonchev–Trinajstić information content (AvgIpc) is 3.55. The zero-order valence-electron chi connectivity index (χ0n) is 28.6. The summed E-state index contributed by atoms with van der Waals surface area (Å²) in [5.74, 6) is 3.53. The highest BCUT2D eigenvalue weighted by molar-refractivity contribution is 5.93. The minimum Gasteiger partial charge on any atom is -0.493 e. The molecule has 0 saturated carbocycles. The van der Waals surface area contributed by atoms with E-state index in [2.05, 4.69) is 51.6 Å². The van der Waals surface area contributed by atoms with Crippen LogP contribution in [0.15, 0.2) is 30.3 Å². The topological polar surface area (TPSA) is 128 Å². The highest BCUT2D eigenvalue weighted by Gasteiger charge is 2.29. The second-order valence-electron chi connectivity index (χ2n) is 12.8. The number of nitrogens with zero attached hydrogens (tertiary/aromatic N) is 6. The van der Waals surface area contributed by atoms with Crippen molar-refractivity contribution in [3.63, 3.8) is 0 Å². The molecule has 256 valence electrons. The molecule has 0 aliphatic carbocycles. The number of methoxy groups -OCH3 is 2. The number of hydrogen-bond acceptors (Lipinski definition) is 11. The van der Waals surface area contributed by atoms with E-state index in [1.807, 2.05) is 32.3 Å². The fraction of sp³-hybridized carbons (Fsp3) is 0.559. The number of aromatic nitrogens is 2. The van der Waals surface area contributed by atoms with Gasteiger partial charge in [-0.05, 0) is 70.6 Å². The third kappa shape index (κ3) is 8.20. The molecule has 47 heavy (non-hydrogen) atoms. The van der Waals surface area contributed by atoms with Crippen molar-refractivity contribution in [2.24, 2.45) is 5.92 Å². The maximum atomic E-state index is 11.5. The van der Waals surface area contributed by atoms with Crippen molar-refractivity contribution in [1.29, 1.82) is 0 Å². The third-order valence-corrected chi connectivity index (χ3v) is 9.02. The molecule has 1 amide bonds. The van der Waals surface area contributed by atoms with Crippen LogP contribution in [-0.2, 0) is 6.54 Å². The van der Waals surface area contributed by atoms with Crippen molar-refractivity contribution in [2.75, 3.05) is 103 Å². The molecule has 0 spiro atoms. The molecule has 13 nitrogen and oxygen atoms in total. The highest BCUT2D eigenvalue weighted by Crippen LogP contribution is 2.39. The molecule has 3 heterocycles. The maximum Gasteiger partial charge on any atom is 0.407 e. The van der Waals surface area contributed by atoms with Gasteiger partial charge in [0, 0.05) is 69.0 Å². The van der Waals surface area contributed by atoms with Gasteiger partial charge >= 0.3 is 6.09 Å². The molecule has 2 saturated heterocycles. The lowest BCUT2D eigenvalue weighted by atomic mass is 10.0. The van der Waals surface area contributed by atoms with E-state index >= 15 is 0 Å². The molecule has 0 radical (unpaired) electrons. The molecule has 1 aromatic heterocycles. The first kappa shape index (κ1) is 34.1. The number of carbonyl (C=O) groups is 1. The van der Waals surface area contributed by atoms with Crippen LogP contribution in [0.2, 0.25) is 0 Å². The Morgan fingerprint density at radius 3 is 2.45 bits per heavy atom. The van der Waals surface area contributed by atoms with E-state index in [4.69, 9.17) is 24.2 Å². The van der Waals surface area contributed by atoms with Crippen LogP contribution in [-0.4, -0.2) is 125 Å². The Morgan fingerprint density at radius 1 is 1.04 bits per heavy atom. The summed E-state index contributed by atoms with van der Waals surface area (Å²) in [4.78, 5) is 29.8. The van der Waals surface area contributed by atoms with Gasteiger partial charge in [-0.3, -0.25) is 0 Å². The maximum absolute atomic E-state index is 11.5. The van der Waals surface area contributed by atoms with Crippen LogP contribution in [0.5, 0.6) is 17.2 Å². The summed E-state index contributed by atoms with van der Waals surface area (Å²) in [7, 11) is 11.5.